The molecule has 1 aliphatic rings. The van der Waals surface area contributed by atoms with E-state index in [0.29, 0.717) is 34.9 Å². The van der Waals surface area contributed by atoms with Gasteiger partial charge in [-0.2, -0.15) is 0 Å². The Morgan fingerprint density at radius 2 is 1.72 bits per heavy atom. The van der Waals surface area contributed by atoms with Crippen LogP contribution in [0.5, 0.6) is 11.5 Å². The lowest BCUT2D eigenvalue weighted by atomic mass is 10.1. The van der Waals surface area contributed by atoms with Crippen molar-refractivity contribution in [3.8, 4) is 11.5 Å². The van der Waals surface area contributed by atoms with Crippen molar-refractivity contribution in [2.75, 3.05) is 11.5 Å². The quantitative estimate of drug-likeness (QED) is 0.253. The summed E-state index contributed by atoms with van der Waals surface area (Å²) in [4.78, 5) is 39.2. The molecule has 184 valence electrons. The number of halogens is 1. The first-order valence-corrected chi connectivity index (χ1v) is 11.6. The summed E-state index contributed by atoms with van der Waals surface area (Å²) in [6.07, 6.45) is 3.29. The van der Waals surface area contributed by atoms with Crippen molar-refractivity contribution in [3.05, 3.63) is 95.3 Å². The number of hydrogen-bond acceptors (Lipinski definition) is 5. The van der Waals surface area contributed by atoms with Crippen molar-refractivity contribution >= 4 is 29.6 Å². The Bertz CT molecular complexity index is 1300. The van der Waals surface area contributed by atoms with Gasteiger partial charge in [-0.25, -0.2) is 14.1 Å². The molecule has 3 aromatic carbocycles. The number of para-hydroxylation sites is 1. The summed E-state index contributed by atoms with van der Waals surface area (Å²) in [6.45, 7) is 2.73. The van der Waals surface area contributed by atoms with Gasteiger partial charge in [-0.05, 0) is 60.5 Å². The van der Waals surface area contributed by atoms with E-state index in [2.05, 4.69) is 12.2 Å². The molecule has 0 spiro atoms. The number of imide groups is 2. The second-order valence-corrected chi connectivity index (χ2v) is 8.11. The third kappa shape index (κ3) is 5.78. The van der Waals surface area contributed by atoms with E-state index in [1.165, 1.54) is 18.2 Å². The topological polar surface area (TPSA) is 84.9 Å². The number of hydrogen-bond donors (Lipinski definition) is 1. The highest BCUT2D eigenvalue weighted by atomic mass is 19.1. The maximum absolute atomic E-state index is 13.5. The van der Waals surface area contributed by atoms with Crippen LogP contribution < -0.4 is 19.7 Å². The second-order valence-electron chi connectivity index (χ2n) is 8.11. The molecule has 0 atom stereocenters. The number of carbonyl (C=O) groups is 3. The number of nitrogens with zero attached hydrogens (tertiary/aromatic N) is 1. The van der Waals surface area contributed by atoms with E-state index in [-0.39, 0.29) is 18.0 Å². The summed E-state index contributed by atoms with van der Waals surface area (Å²) in [5.74, 6) is -0.925. The normalized spacial score (nSPS) is 14.7. The van der Waals surface area contributed by atoms with Crippen LogP contribution in [0, 0.1) is 5.82 Å². The molecule has 1 saturated heterocycles. The zero-order valence-corrected chi connectivity index (χ0v) is 19.7. The van der Waals surface area contributed by atoms with Gasteiger partial charge in [-0.3, -0.25) is 14.9 Å². The largest absolute Gasteiger partial charge is 0.494 e. The molecule has 0 bridgehead atoms. The molecule has 4 amide bonds. The van der Waals surface area contributed by atoms with Crippen molar-refractivity contribution in [3.63, 3.8) is 0 Å². The Hall–Kier alpha value is -4.46. The molecule has 3 aromatic rings. The SMILES string of the molecule is CCCCOc1ccc(N2C(=O)NC(=O)/C(=C/c3ccccc3OCc3cccc(F)c3)C2=O)cc1. The Balaban J connectivity index is 1.56. The number of barbiturate groups is 1. The molecule has 7 nitrogen and oxygen atoms in total. The molecule has 0 unspecified atom stereocenters. The van der Waals surface area contributed by atoms with Gasteiger partial charge in [-0.1, -0.05) is 43.7 Å². The Morgan fingerprint density at radius 1 is 0.944 bits per heavy atom. The summed E-state index contributed by atoms with van der Waals surface area (Å²) in [7, 11) is 0. The molecular weight excluding hydrogens is 463 g/mol. The van der Waals surface area contributed by atoms with Crippen molar-refractivity contribution in [1.29, 1.82) is 0 Å². The summed E-state index contributed by atoms with van der Waals surface area (Å²) in [5.41, 5.74) is 1.17. The number of urea groups is 1. The summed E-state index contributed by atoms with van der Waals surface area (Å²) in [5, 5.41) is 2.21. The number of unbranched alkanes of at least 4 members (excludes halogenated alkanes) is 1. The van der Waals surface area contributed by atoms with Crippen LogP contribution in [0.15, 0.2) is 78.4 Å². The van der Waals surface area contributed by atoms with Crippen molar-refractivity contribution in [1.82, 2.24) is 5.32 Å². The summed E-state index contributed by atoms with van der Waals surface area (Å²) < 4.78 is 24.9. The predicted molar refractivity (Wildman–Crippen MR) is 133 cm³/mol. The number of ether oxygens (including phenoxy) is 2. The van der Waals surface area contributed by atoms with Crippen LogP contribution in [0.2, 0.25) is 0 Å². The minimum Gasteiger partial charge on any atom is -0.494 e. The smallest absolute Gasteiger partial charge is 0.335 e. The van der Waals surface area contributed by atoms with Gasteiger partial charge in [0, 0.05) is 5.56 Å². The van der Waals surface area contributed by atoms with E-state index < -0.39 is 17.8 Å². The maximum Gasteiger partial charge on any atom is 0.335 e. The van der Waals surface area contributed by atoms with E-state index in [1.54, 1.807) is 60.7 Å². The van der Waals surface area contributed by atoms with Crippen LogP contribution in [-0.4, -0.2) is 24.5 Å². The zero-order chi connectivity index (χ0) is 25.5. The van der Waals surface area contributed by atoms with E-state index in [1.807, 2.05) is 0 Å². The molecule has 0 aromatic heterocycles. The van der Waals surface area contributed by atoms with Gasteiger partial charge in [0.05, 0.1) is 12.3 Å². The minimum absolute atomic E-state index is 0.0926. The second kappa shape index (κ2) is 11.3. The standard InChI is InChI=1S/C28H25FN2O5/c1-2-3-15-35-23-13-11-22(12-14-23)31-27(33)24(26(32)30-28(31)34)17-20-8-4-5-10-25(20)36-18-19-7-6-9-21(29)16-19/h4-14,16-17H,2-3,15,18H2,1H3,(H,30,32,34)/b24-17-. The minimum atomic E-state index is -0.836. The van der Waals surface area contributed by atoms with Crippen LogP contribution in [0.4, 0.5) is 14.9 Å². The molecule has 1 aliphatic heterocycles. The van der Waals surface area contributed by atoms with Crippen LogP contribution in [-0.2, 0) is 16.2 Å². The van der Waals surface area contributed by atoms with Gasteiger partial charge in [0.15, 0.2) is 0 Å². The monoisotopic (exact) mass is 488 g/mol. The Labute approximate surface area is 208 Å². The fourth-order valence-electron chi connectivity index (χ4n) is 3.59. The van der Waals surface area contributed by atoms with Gasteiger partial charge < -0.3 is 9.47 Å². The first-order chi connectivity index (χ1) is 17.5. The van der Waals surface area contributed by atoms with E-state index in [0.717, 1.165) is 17.7 Å². The molecule has 0 saturated carbocycles. The first kappa shape index (κ1) is 24.7. The average molecular weight is 489 g/mol. The molecule has 4 rings (SSSR count). The highest BCUT2D eigenvalue weighted by molar-refractivity contribution is 6.39. The molecule has 8 heteroatoms. The van der Waals surface area contributed by atoms with Gasteiger partial charge in [0.25, 0.3) is 11.8 Å². The van der Waals surface area contributed by atoms with Gasteiger partial charge in [-0.15, -0.1) is 0 Å². The highest BCUT2D eigenvalue weighted by Gasteiger charge is 2.37. The maximum atomic E-state index is 13.5. The van der Waals surface area contributed by atoms with Crippen molar-refractivity contribution in [2.24, 2.45) is 0 Å². The van der Waals surface area contributed by atoms with Gasteiger partial charge in [0.1, 0.15) is 29.5 Å². The molecule has 1 fully saturated rings. The fourth-order valence-corrected chi connectivity index (χ4v) is 3.59. The van der Waals surface area contributed by atoms with Gasteiger partial charge in [0.2, 0.25) is 0 Å². The van der Waals surface area contributed by atoms with Gasteiger partial charge >= 0.3 is 6.03 Å². The number of carbonyl (C=O) groups excluding carboxylic acids is 3. The van der Waals surface area contributed by atoms with Crippen molar-refractivity contribution in [2.45, 2.75) is 26.4 Å². The lowest BCUT2D eigenvalue weighted by Gasteiger charge is -2.26. The number of nitrogens with one attached hydrogen (secondary N) is 1. The number of anilines is 1. The lowest BCUT2D eigenvalue weighted by Crippen LogP contribution is -2.54. The molecule has 0 radical (unpaired) electrons. The number of amides is 4. The molecular formula is C28H25FN2O5. The van der Waals surface area contributed by atoms with Crippen LogP contribution in [0.3, 0.4) is 0 Å². The number of rotatable bonds is 9. The third-order valence-electron chi connectivity index (χ3n) is 5.47. The van der Waals surface area contributed by atoms with Crippen LogP contribution in [0.1, 0.15) is 30.9 Å². The van der Waals surface area contributed by atoms with Crippen molar-refractivity contribution < 1.29 is 28.2 Å². The Morgan fingerprint density at radius 3 is 2.47 bits per heavy atom. The average Bonchev–Trinajstić information content (AvgIpc) is 2.87. The predicted octanol–water partition coefficient (Wildman–Crippen LogP) is 5.25. The molecule has 0 aliphatic carbocycles. The fraction of sp³-hybridized carbons (Fsp3) is 0.179. The van der Waals surface area contributed by atoms with Crippen LogP contribution >= 0.6 is 0 Å². The summed E-state index contributed by atoms with van der Waals surface area (Å²) >= 11 is 0. The molecule has 36 heavy (non-hydrogen) atoms. The summed E-state index contributed by atoms with van der Waals surface area (Å²) in [6, 6.07) is 18.5. The van der Waals surface area contributed by atoms with Crippen LogP contribution in [0.25, 0.3) is 6.08 Å². The first-order valence-electron chi connectivity index (χ1n) is 11.6. The highest BCUT2D eigenvalue weighted by Crippen LogP contribution is 2.27. The Kier molecular flexibility index (Phi) is 7.75. The zero-order valence-electron chi connectivity index (χ0n) is 19.7. The van der Waals surface area contributed by atoms with E-state index in [9.17, 15) is 18.8 Å². The third-order valence-corrected chi connectivity index (χ3v) is 5.47. The molecule has 1 N–H and O–H groups in total. The lowest BCUT2D eigenvalue weighted by molar-refractivity contribution is -0.122. The van der Waals surface area contributed by atoms with E-state index >= 15 is 0 Å². The number of benzene rings is 3. The van der Waals surface area contributed by atoms with E-state index in [4.69, 9.17) is 9.47 Å². The molecule has 1 heterocycles.